The van der Waals surface area contributed by atoms with Crippen LogP contribution < -0.4 is 15.5 Å². The van der Waals surface area contributed by atoms with E-state index < -0.39 is 5.60 Å². The van der Waals surface area contributed by atoms with E-state index in [2.05, 4.69) is 33.7 Å². The molecule has 3 rings (SSSR count). The number of furan rings is 1. The Labute approximate surface area is 172 Å². The van der Waals surface area contributed by atoms with Crippen LogP contribution in [0, 0.1) is 6.92 Å². The third-order valence-electron chi connectivity index (χ3n) is 4.97. The Hall–Kier alpha value is -2.51. The molecule has 0 saturated carbocycles. The molecular formula is C22H32N4O3. The zero-order chi connectivity index (χ0) is 20.7. The predicted octanol–water partition coefficient (Wildman–Crippen LogP) is 2.39. The predicted molar refractivity (Wildman–Crippen MR) is 115 cm³/mol. The lowest BCUT2D eigenvalue weighted by molar-refractivity contribution is 0.0378. The lowest BCUT2D eigenvalue weighted by Crippen LogP contribution is -2.44. The van der Waals surface area contributed by atoms with E-state index >= 15 is 0 Å². The van der Waals surface area contributed by atoms with Crippen LogP contribution in [0.1, 0.15) is 30.9 Å². The fraction of sp³-hybridized carbons (Fsp3) is 0.500. The van der Waals surface area contributed by atoms with Gasteiger partial charge < -0.3 is 29.8 Å². The molecule has 1 saturated heterocycles. The molecule has 2 aromatic rings. The van der Waals surface area contributed by atoms with Gasteiger partial charge in [0.25, 0.3) is 0 Å². The molecule has 1 aromatic carbocycles. The lowest BCUT2D eigenvalue weighted by Gasteiger charge is -2.30. The van der Waals surface area contributed by atoms with Crippen LogP contribution in [0.3, 0.4) is 0 Å². The average Bonchev–Trinajstić information content (AvgIpc) is 3.18. The summed E-state index contributed by atoms with van der Waals surface area (Å²) in [6.45, 7) is 10.5. The van der Waals surface area contributed by atoms with Crippen LogP contribution in [-0.4, -0.2) is 50.5 Å². The van der Waals surface area contributed by atoms with Crippen molar-refractivity contribution in [1.29, 1.82) is 0 Å². The SMILES string of the molecule is CCNC(=NCc1ccccc1N1CCOCC1)NCC(C)(O)c1ccc(C)o1. The van der Waals surface area contributed by atoms with Crippen LogP contribution >= 0.6 is 0 Å². The third-order valence-corrected chi connectivity index (χ3v) is 4.97. The largest absolute Gasteiger partial charge is 0.463 e. The maximum Gasteiger partial charge on any atom is 0.191 e. The molecule has 1 aromatic heterocycles. The van der Waals surface area contributed by atoms with Gasteiger partial charge in [0.2, 0.25) is 0 Å². The molecule has 2 heterocycles. The molecule has 1 unspecified atom stereocenters. The third kappa shape index (κ3) is 5.74. The van der Waals surface area contributed by atoms with Crippen molar-refractivity contribution >= 4 is 11.6 Å². The van der Waals surface area contributed by atoms with Gasteiger partial charge in [0, 0.05) is 25.3 Å². The number of ether oxygens (including phenoxy) is 1. The standard InChI is InChI=1S/C22H32N4O3/c1-4-23-21(25-16-22(3,27)20-10-9-17(2)29-20)24-15-18-7-5-6-8-19(18)26-11-13-28-14-12-26/h5-10,27H,4,11-16H2,1-3H3,(H2,23,24,25). The van der Waals surface area contributed by atoms with Gasteiger partial charge in [0.05, 0.1) is 26.3 Å². The van der Waals surface area contributed by atoms with Gasteiger partial charge in [0.1, 0.15) is 17.1 Å². The van der Waals surface area contributed by atoms with Crippen molar-refractivity contribution in [3.05, 3.63) is 53.5 Å². The highest BCUT2D eigenvalue weighted by Crippen LogP contribution is 2.23. The van der Waals surface area contributed by atoms with Crippen LogP contribution in [0.2, 0.25) is 0 Å². The van der Waals surface area contributed by atoms with Gasteiger partial charge in [-0.25, -0.2) is 4.99 Å². The Balaban J connectivity index is 1.68. The minimum atomic E-state index is -1.13. The van der Waals surface area contributed by atoms with Gasteiger partial charge in [-0.15, -0.1) is 0 Å². The van der Waals surface area contributed by atoms with E-state index in [0.29, 0.717) is 18.3 Å². The summed E-state index contributed by atoms with van der Waals surface area (Å²) in [5.74, 6) is 1.98. The number of guanidine groups is 1. The van der Waals surface area contributed by atoms with Crippen molar-refractivity contribution in [2.75, 3.05) is 44.3 Å². The summed E-state index contributed by atoms with van der Waals surface area (Å²) in [5.41, 5.74) is 1.24. The number of morpholine rings is 1. The number of benzene rings is 1. The molecule has 7 heteroatoms. The lowest BCUT2D eigenvalue weighted by atomic mass is 10.0. The summed E-state index contributed by atoms with van der Waals surface area (Å²) < 4.78 is 11.1. The van der Waals surface area contributed by atoms with Crippen molar-refractivity contribution in [3.8, 4) is 0 Å². The van der Waals surface area contributed by atoms with Crippen LogP contribution in [0.15, 0.2) is 45.8 Å². The minimum absolute atomic E-state index is 0.289. The highest BCUT2D eigenvalue weighted by atomic mass is 16.5. The second-order valence-corrected chi connectivity index (χ2v) is 7.46. The monoisotopic (exact) mass is 400 g/mol. The average molecular weight is 401 g/mol. The molecule has 3 N–H and O–H groups in total. The van der Waals surface area contributed by atoms with Crippen molar-refractivity contribution < 1.29 is 14.3 Å². The maximum absolute atomic E-state index is 10.8. The maximum atomic E-state index is 10.8. The van der Waals surface area contributed by atoms with E-state index in [1.165, 1.54) is 11.3 Å². The Bertz CT molecular complexity index is 810. The van der Waals surface area contributed by atoms with Gasteiger partial charge in [0.15, 0.2) is 5.96 Å². The number of aryl methyl sites for hydroxylation is 1. The van der Waals surface area contributed by atoms with Crippen molar-refractivity contribution in [2.45, 2.75) is 32.9 Å². The van der Waals surface area contributed by atoms with Gasteiger partial charge in [-0.1, -0.05) is 18.2 Å². The van der Waals surface area contributed by atoms with Crippen molar-refractivity contribution in [1.82, 2.24) is 10.6 Å². The van der Waals surface area contributed by atoms with Gasteiger partial charge in [-0.3, -0.25) is 0 Å². The second kappa shape index (κ2) is 9.80. The number of hydrogen-bond acceptors (Lipinski definition) is 5. The van der Waals surface area contributed by atoms with Crippen LogP contribution in [-0.2, 0) is 16.9 Å². The molecule has 1 aliphatic heterocycles. The first-order valence-corrected chi connectivity index (χ1v) is 10.2. The van der Waals surface area contributed by atoms with E-state index in [-0.39, 0.29) is 6.54 Å². The molecule has 0 amide bonds. The fourth-order valence-electron chi connectivity index (χ4n) is 3.33. The normalized spacial score (nSPS) is 17.1. The Morgan fingerprint density at radius 1 is 1.17 bits per heavy atom. The number of nitrogens with one attached hydrogen (secondary N) is 2. The van der Waals surface area contributed by atoms with E-state index in [1.807, 2.05) is 26.0 Å². The zero-order valence-corrected chi connectivity index (χ0v) is 17.6. The molecular weight excluding hydrogens is 368 g/mol. The topological polar surface area (TPSA) is 82.3 Å². The van der Waals surface area contributed by atoms with Crippen LogP contribution in [0.4, 0.5) is 5.69 Å². The van der Waals surface area contributed by atoms with E-state index in [4.69, 9.17) is 14.1 Å². The quantitative estimate of drug-likeness (QED) is 0.489. The first-order valence-electron chi connectivity index (χ1n) is 10.2. The Morgan fingerprint density at radius 2 is 1.93 bits per heavy atom. The highest BCUT2D eigenvalue weighted by Gasteiger charge is 2.27. The summed E-state index contributed by atoms with van der Waals surface area (Å²) >= 11 is 0. The van der Waals surface area contributed by atoms with E-state index in [0.717, 1.165) is 38.6 Å². The number of hydrogen-bond donors (Lipinski definition) is 3. The molecule has 0 aliphatic carbocycles. The Morgan fingerprint density at radius 3 is 2.62 bits per heavy atom. The van der Waals surface area contributed by atoms with Crippen LogP contribution in [0.5, 0.6) is 0 Å². The zero-order valence-electron chi connectivity index (χ0n) is 17.6. The first-order chi connectivity index (χ1) is 14.0. The number of anilines is 1. The smallest absolute Gasteiger partial charge is 0.191 e. The molecule has 1 aliphatic rings. The number of aliphatic hydroxyl groups is 1. The Kier molecular flexibility index (Phi) is 7.17. The van der Waals surface area contributed by atoms with E-state index in [9.17, 15) is 5.11 Å². The number of para-hydroxylation sites is 1. The molecule has 0 bridgehead atoms. The summed E-state index contributed by atoms with van der Waals surface area (Å²) in [6, 6.07) is 12.0. The fourth-order valence-corrected chi connectivity index (χ4v) is 3.33. The van der Waals surface area contributed by atoms with Gasteiger partial charge >= 0.3 is 0 Å². The number of rotatable bonds is 7. The minimum Gasteiger partial charge on any atom is -0.463 e. The van der Waals surface area contributed by atoms with Crippen molar-refractivity contribution in [3.63, 3.8) is 0 Å². The summed E-state index contributed by atoms with van der Waals surface area (Å²) in [5, 5.41) is 17.2. The summed E-state index contributed by atoms with van der Waals surface area (Å²) in [6.07, 6.45) is 0. The molecule has 0 spiro atoms. The molecule has 1 atom stereocenters. The van der Waals surface area contributed by atoms with Gasteiger partial charge in [-0.2, -0.15) is 0 Å². The van der Waals surface area contributed by atoms with E-state index in [1.54, 1.807) is 13.0 Å². The molecule has 1 fully saturated rings. The van der Waals surface area contributed by atoms with Crippen LogP contribution in [0.25, 0.3) is 0 Å². The van der Waals surface area contributed by atoms with Gasteiger partial charge in [-0.05, 0) is 44.5 Å². The summed E-state index contributed by atoms with van der Waals surface area (Å²) in [4.78, 5) is 7.08. The molecule has 0 radical (unpaired) electrons. The number of aliphatic imine (C=N–C) groups is 1. The second-order valence-electron chi connectivity index (χ2n) is 7.46. The molecule has 29 heavy (non-hydrogen) atoms. The highest BCUT2D eigenvalue weighted by molar-refractivity contribution is 5.80. The summed E-state index contributed by atoms with van der Waals surface area (Å²) in [7, 11) is 0. The van der Waals surface area contributed by atoms with Crippen molar-refractivity contribution in [2.24, 2.45) is 4.99 Å². The first kappa shape index (κ1) is 21.2. The molecule has 7 nitrogen and oxygen atoms in total. The number of nitrogens with zero attached hydrogens (tertiary/aromatic N) is 2. The molecule has 158 valence electrons.